The Bertz CT molecular complexity index is 1120. The van der Waals surface area contributed by atoms with E-state index in [0.717, 1.165) is 35.7 Å². The summed E-state index contributed by atoms with van der Waals surface area (Å²) in [5.41, 5.74) is 0.928. The molecule has 5 fully saturated rings. The molecule has 6 nitrogen and oxygen atoms in total. The fraction of sp³-hybridized carbons (Fsp3) is 0.522. The smallest absolute Gasteiger partial charge is 0.276 e. The average Bonchev–Trinajstić information content (AvgIpc) is 3.13. The number of hydrogen-bond acceptors (Lipinski definition) is 3. The largest absolute Gasteiger partial charge is 0.321 e. The maximum absolute atomic E-state index is 15.3. The standard InChI is InChI=1S/C23H26FN5O/c1-28-12-17-6-14(3-4-18(17)27-28)7-19-20(30)29(2)21(25-19)26-23-10-15-5-16(11-23)9-22(24,8-15)13-23/h3-4,6-7,12,15-16H,5,8-11,13H2,1-2H3,(H,25,26)/b19-7-. The highest BCUT2D eigenvalue weighted by Crippen LogP contribution is 2.60. The van der Waals surface area contributed by atoms with Gasteiger partial charge in [-0.15, -0.1) is 0 Å². The number of carbonyl (C=O) groups is 1. The first-order chi connectivity index (χ1) is 14.3. The lowest BCUT2D eigenvalue weighted by Gasteiger charge is -2.57. The van der Waals surface area contributed by atoms with Crippen LogP contribution >= 0.6 is 0 Å². The highest BCUT2D eigenvalue weighted by molar-refractivity contribution is 6.15. The van der Waals surface area contributed by atoms with Gasteiger partial charge in [0.15, 0.2) is 0 Å². The number of amides is 1. The van der Waals surface area contributed by atoms with Gasteiger partial charge in [-0.2, -0.15) is 5.10 Å². The second kappa shape index (κ2) is 5.93. The molecule has 4 aliphatic carbocycles. The Morgan fingerprint density at radius 3 is 2.73 bits per heavy atom. The maximum atomic E-state index is 15.3. The molecule has 2 heterocycles. The van der Waals surface area contributed by atoms with E-state index in [0.29, 0.717) is 42.8 Å². The molecule has 1 aromatic heterocycles. The fourth-order valence-electron chi connectivity index (χ4n) is 6.62. The van der Waals surface area contributed by atoms with Gasteiger partial charge in [-0.3, -0.25) is 14.4 Å². The Morgan fingerprint density at radius 2 is 2.00 bits per heavy atom. The molecule has 0 radical (unpaired) electrons. The minimum absolute atomic E-state index is 0.111. The van der Waals surface area contributed by atoms with Crippen molar-refractivity contribution in [2.45, 2.75) is 49.7 Å². The molecule has 1 aromatic carbocycles. The maximum Gasteiger partial charge on any atom is 0.276 e. The number of guanidine groups is 1. The third kappa shape index (κ3) is 2.78. The Balaban J connectivity index is 1.31. The lowest BCUT2D eigenvalue weighted by Crippen LogP contribution is -2.57. The van der Waals surface area contributed by atoms with E-state index < -0.39 is 5.67 Å². The number of fused-ring (bicyclic) bond motifs is 1. The van der Waals surface area contributed by atoms with Crippen LogP contribution in [0, 0.1) is 11.8 Å². The lowest BCUT2D eigenvalue weighted by atomic mass is 9.52. The van der Waals surface area contributed by atoms with Crippen molar-refractivity contribution < 1.29 is 9.18 Å². The number of aliphatic imine (C=N–C) groups is 1. The Morgan fingerprint density at radius 1 is 1.23 bits per heavy atom. The minimum atomic E-state index is -1.06. The molecule has 1 saturated heterocycles. The van der Waals surface area contributed by atoms with Crippen molar-refractivity contribution in [2.75, 3.05) is 7.05 Å². The molecule has 1 amide bonds. The molecule has 1 N–H and O–H groups in total. The summed E-state index contributed by atoms with van der Waals surface area (Å²) in [4.78, 5) is 19.4. The van der Waals surface area contributed by atoms with Gasteiger partial charge in [0.2, 0.25) is 5.96 Å². The van der Waals surface area contributed by atoms with E-state index in [1.807, 2.05) is 37.5 Å². The number of nitrogens with one attached hydrogen (secondary N) is 1. The second-order valence-electron chi connectivity index (χ2n) is 9.94. The van der Waals surface area contributed by atoms with Crippen LogP contribution in [0.15, 0.2) is 35.1 Å². The van der Waals surface area contributed by atoms with E-state index in [2.05, 4.69) is 10.4 Å². The number of nitrogens with zero attached hydrogens (tertiary/aromatic N) is 4. The van der Waals surface area contributed by atoms with Crippen molar-refractivity contribution in [2.24, 2.45) is 23.9 Å². The van der Waals surface area contributed by atoms with Crippen molar-refractivity contribution in [3.8, 4) is 0 Å². The molecule has 2 aromatic rings. The normalized spacial score (nSPS) is 37.7. The number of hydrogen-bond donors (Lipinski definition) is 1. The van der Waals surface area contributed by atoms with Crippen molar-refractivity contribution in [3.63, 3.8) is 0 Å². The summed E-state index contributed by atoms with van der Waals surface area (Å²) in [5, 5.41) is 8.64. The molecule has 30 heavy (non-hydrogen) atoms. The topological polar surface area (TPSA) is 62.5 Å². The predicted octanol–water partition coefficient (Wildman–Crippen LogP) is 3.39. The number of carbonyl (C=O) groups excluding carboxylic acids is 1. The summed E-state index contributed by atoms with van der Waals surface area (Å²) >= 11 is 0. The average molecular weight is 407 g/mol. The second-order valence-corrected chi connectivity index (χ2v) is 9.94. The van der Waals surface area contributed by atoms with Crippen LogP contribution in [0.3, 0.4) is 0 Å². The summed E-state index contributed by atoms with van der Waals surface area (Å²) in [5.74, 6) is 1.31. The number of alkyl halides is 1. The number of likely N-dealkylation sites (N-methyl/N-ethyl adjacent to an activating group) is 1. The van der Waals surface area contributed by atoms with Gasteiger partial charge in [-0.05, 0) is 67.7 Å². The monoisotopic (exact) mass is 407 g/mol. The Kier molecular flexibility index (Phi) is 3.58. The van der Waals surface area contributed by atoms with Gasteiger partial charge in [0.1, 0.15) is 11.4 Å². The highest BCUT2D eigenvalue weighted by atomic mass is 19.1. The summed E-state index contributed by atoms with van der Waals surface area (Å²) in [6, 6.07) is 5.93. The number of rotatable bonds is 2. The van der Waals surface area contributed by atoms with Crippen LogP contribution in [0.1, 0.15) is 44.1 Å². The zero-order chi connectivity index (χ0) is 20.7. The first kappa shape index (κ1) is 18.1. The molecule has 4 saturated carbocycles. The van der Waals surface area contributed by atoms with E-state index >= 15 is 4.39 Å². The van der Waals surface area contributed by atoms with Crippen LogP contribution in [0.4, 0.5) is 4.39 Å². The lowest BCUT2D eigenvalue weighted by molar-refractivity contribution is -0.121. The molecule has 2 unspecified atom stereocenters. The predicted molar refractivity (Wildman–Crippen MR) is 113 cm³/mol. The van der Waals surface area contributed by atoms with Crippen molar-refractivity contribution >= 4 is 28.8 Å². The molecule has 0 spiro atoms. The molecule has 1 aliphatic heterocycles. The van der Waals surface area contributed by atoms with Gasteiger partial charge in [0.25, 0.3) is 5.91 Å². The number of halogens is 1. The van der Waals surface area contributed by atoms with Crippen LogP contribution in [0.25, 0.3) is 17.0 Å². The van der Waals surface area contributed by atoms with Crippen LogP contribution in [-0.4, -0.2) is 44.8 Å². The number of aryl methyl sites for hydroxylation is 1. The molecule has 7 heteroatoms. The molecular formula is C23H26FN5O. The molecular weight excluding hydrogens is 381 g/mol. The van der Waals surface area contributed by atoms with Crippen molar-refractivity contribution in [3.05, 3.63) is 35.7 Å². The third-order valence-corrected chi connectivity index (χ3v) is 7.36. The van der Waals surface area contributed by atoms with Gasteiger partial charge >= 0.3 is 0 Å². The summed E-state index contributed by atoms with van der Waals surface area (Å²) in [7, 11) is 3.63. The van der Waals surface area contributed by atoms with Crippen LogP contribution < -0.4 is 5.32 Å². The first-order valence-corrected chi connectivity index (χ1v) is 10.8. The van der Waals surface area contributed by atoms with Crippen LogP contribution in [0.5, 0.6) is 0 Å². The van der Waals surface area contributed by atoms with E-state index in [4.69, 9.17) is 4.99 Å². The molecule has 7 rings (SSSR count). The quantitative estimate of drug-likeness (QED) is 0.777. The van der Waals surface area contributed by atoms with Crippen molar-refractivity contribution in [1.29, 1.82) is 0 Å². The van der Waals surface area contributed by atoms with Gasteiger partial charge in [0.05, 0.1) is 11.1 Å². The van der Waals surface area contributed by atoms with E-state index in [-0.39, 0.29) is 11.4 Å². The molecule has 5 aliphatic rings. The molecule has 2 atom stereocenters. The first-order valence-electron chi connectivity index (χ1n) is 10.8. The van der Waals surface area contributed by atoms with E-state index in [1.54, 1.807) is 16.6 Å². The van der Waals surface area contributed by atoms with Crippen LogP contribution in [-0.2, 0) is 11.8 Å². The zero-order valence-corrected chi connectivity index (χ0v) is 17.4. The Labute approximate surface area is 174 Å². The van der Waals surface area contributed by atoms with Crippen LogP contribution in [0.2, 0.25) is 0 Å². The summed E-state index contributed by atoms with van der Waals surface area (Å²) < 4.78 is 17.1. The number of aromatic nitrogens is 2. The zero-order valence-electron chi connectivity index (χ0n) is 17.4. The Hall–Kier alpha value is -2.70. The van der Waals surface area contributed by atoms with Gasteiger partial charge < -0.3 is 5.32 Å². The van der Waals surface area contributed by atoms with Crippen molar-refractivity contribution in [1.82, 2.24) is 20.0 Å². The highest BCUT2D eigenvalue weighted by Gasteiger charge is 2.59. The fourth-order valence-corrected chi connectivity index (χ4v) is 6.62. The van der Waals surface area contributed by atoms with Gasteiger partial charge in [-0.1, -0.05) is 6.07 Å². The number of benzene rings is 1. The van der Waals surface area contributed by atoms with E-state index in [9.17, 15) is 4.79 Å². The van der Waals surface area contributed by atoms with Gasteiger partial charge in [0, 0.05) is 32.1 Å². The molecule has 4 bridgehead atoms. The minimum Gasteiger partial charge on any atom is -0.321 e. The van der Waals surface area contributed by atoms with Gasteiger partial charge in [-0.25, -0.2) is 9.38 Å². The SMILES string of the molecule is CN1C(=O)/C(=C/c2ccc3nn(C)cc3c2)NC1=NC12CC3CC(CC(F)(C3)C1)C2. The summed E-state index contributed by atoms with van der Waals surface area (Å²) in [6.07, 6.45) is 8.72. The summed E-state index contributed by atoms with van der Waals surface area (Å²) in [6.45, 7) is 0. The molecule has 156 valence electrons. The van der Waals surface area contributed by atoms with E-state index in [1.165, 1.54) is 0 Å². The third-order valence-electron chi connectivity index (χ3n) is 7.36.